The number of aromatic nitrogens is 1. The van der Waals surface area contributed by atoms with E-state index in [4.69, 9.17) is 10.4 Å². The summed E-state index contributed by atoms with van der Waals surface area (Å²) in [4.78, 5) is 22.6. The highest BCUT2D eigenvalue weighted by molar-refractivity contribution is 5.92. The van der Waals surface area contributed by atoms with Crippen molar-refractivity contribution in [3.63, 3.8) is 0 Å². The van der Waals surface area contributed by atoms with Crippen molar-refractivity contribution in [2.45, 2.75) is 26.7 Å². The van der Waals surface area contributed by atoms with Crippen molar-refractivity contribution < 1.29 is 14.7 Å². The summed E-state index contributed by atoms with van der Waals surface area (Å²) in [5.41, 5.74) is -0.250. The predicted octanol–water partition coefficient (Wildman–Crippen LogP) is 1.73. The maximum absolute atomic E-state index is 11.9. The summed E-state index contributed by atoms with van der Waals surface area (Å²) in [6, 6.07) is 3.60. The van der Waals surface area contributed by atoms with Gasteiger partial charge >= 0.3 is 5.97 Å². The molecule has 0 spiro atoms. The van der Waals surface area contributed by atoms with Gasteiger partial charge in [0.25, 0.3) is 0 Å². The number of carbonyl (C=O) groups is 2. The Bertz CT molecular complexity index is 538. The van der Waals surface area contributed by atoms with Gasteiger partial charge in [-0.3, -0.25) is 9.59 Å². The fraction of sp³-hybridized carbons (Fsp3) is 0.462. The third-order valence-corrected chi connectivity index (χ3v) is 2.72. The summed E-state index contributed by atoms with van der Waals surface area (Å²) < 4.78 is 1.64. The van der Waals surface area contributed by atoms with Gasteiger partial charge in [0.15, 0.2) is 0 Å². The number of nitrogens with zero attached hydrogens (tertiary/aromatic N) is 2. The molecule has 0 aliphatic heterocycles. The lowest BCUT2D eigenvalue weighted by Gasteiger charge is -2.21. The molecule has 1 rings (SSSR count). The van der Waals surface area contributed by atoms with E-state index >= 15 is 0 Å². The van der Waals surface area contributed by atoms with Crippen LogP contribution in [0.15, 0.2) is 12.3 Å². The van der Waals surface area contributed by atoms with Crippen molar-refractivity contribution in [1.29, 1.82) is 5.26 Å². The molecule has 6 nitrogen and oxygen atoms in total. The Hall–Kier alpha value is -2.29. The fourth-order valence-corrected chi connectivity index (χ4v) is 1.86. The molecule has 0 saturated carbocycles. The highest BCUT2D eigenvalue weighted by Gasteiger charge is 2.25. The number of nitrogens with one attached hydrogen (secondary N) is 1. The maximum Gasteiger partial charge on any atom is 0.303 e. The maximum atomic E-state index is 11.9. The van der Waals surface area contributed by atoms with Crippen molar-refractivity contribution in [2.75, 3.05) is 5.32 Å². The van der Waals surface area contributed by atoms with Crippen LogP contribution in [0.2, 0.25) is 0 Å². The van der Waals surface area contributed by atoms with Gasteiger partial charge < -0.3 is 15.0 Å². The molecule has 2 N–H and O–H groups in total. The van der Waals surface area contributed by atoms with Gasteiger partial charge in [0, 0.05) is 19.7 Å². The molecule has 1 aromatic heterocycles. The minimum absolute atomic E-state index is 0.0787. The summed E-state index contributed by atoms with van der Waals surface area (Å²) in [6.07, 6.45) is 1.67. The summed E-state index contributed by atoms with van der Waals surface area (Å²) in [7, 11) is 1.72. The minimum atomic E-state index is -0.936. The lowest BCUT2D eigenvalue weighted by Crippen LogP contribution is -2.25. The number of aliphatic carboxylic acids is 1. The standard InChI is InChI=1S/C13H17N3O3/c1-13(2,7-11(18)19)6-10(17)15-12-9(8-14)4-5-16(12)3/h4-5H,6-7H2,1-3H3,(H,15,17)(H,18,19). The van der Waals surface area contributed by atoms with Crippen LogP contribution in [0.5, 0.6) is 0 Å². The number of amides is 1. The second-order valence-electron chi connectivity index (χ2n) is 5.26. The van der Waals surface area contributed by atoms with Crippen LogP contribution in [0.4, 0.5) is 5.82 Å². The van der Waals surface area contributed by atoms with E-state index < -0.39 is 11.4 Å². The zero-order chi connectivity index (χ0) is 14.6. The molecule has 0 fully saturated rings. The van der Waals surface area contributed by atoms with Gasteiger partial charge in [0.1, 0.15) is 11.9 Å². The molecule has 102 valence electrons. The van der Waals surface area contributed by atoms with Crippen LogP contribution in [-0.4, -0.2) is 21.6 Å². The smallest absolute Gasteiger partial charge is 0.303 e. The number of hydrogen-bond acceptors (Lipinski definition) is 3. The molecule has 19 heavy (non-hydrogen) atoms. The zero-order valence-electron chi connectivity index (χ0n) is 11.2. The quantitative estimate of drug-likeness (QED) is 0.845. The van der Waals surface area contributed by atoms with Gasteiger partial charge in [0.2, 0.25) is 5.91 Å². The molecule has 0 aliphatic rings. The minimum Gasteiger partial charge on any atom is -0.481 e. The summed E-state index contributed by atoms with van der Waals surface area (Å²) >= 11 is 0. The first-order valence-electron chi connectivity index (χ1n) is 5.82. The second kappa shape index (κ2) is 5.57. The topological polar surface area (TPSA) is 95.1 Å². The van der Waals surface area contributed by atoms with Crippen molar-refractivity contribution in [3.8, 4) is 6.07 Å². The van der Waals surface area contributed by atoms with Crippen LogP contribution >= 0.6 is 0 Å². The molecule has 1 heterocycles. The van der Waals surface area contributed by atoms with Gasteiger partial charge in [-0.2, -0.15) is 5.26 Å². The van der Waals surface area contributed by atoms with Crippen LogP contribution < -0.4 is 5.32 Å². The third kappa shape index (κ3) is 4.14. The Labute approximate surface area is 111 Å². The predicted molar refractivity (Wildman–Crippen MR) is 69.4 cm³/mol. The highest BCUT2D eigenvalue weighted by atomic mass is 16.4. The van der Waals surface area contributed by atoms with E-state index in [1.807, 2.05) is 6.07 Å². The average molecular weight is 263 g/mol. The van der Waals surface area contributed by atoms with E-state index in [0.29, 0.717) is 11.4 Å². The first-order chi connectivity index (χ1) is 8.75. The number of carboxylic acids is 1. The lowest BCUT2D eigenvalue weighted by atomic mass is 9.85. The van der Waals surface area contributed by atoms with E-state index in [0.717, 1.165) is 0 Å². The van der Waals surface area contributed by atoms with Crippen molar-refractivity contribution in [3.05, 3.63) is 17.8 Å². The lowest BCUT2D eigenvalue weighted by molar-refractivity contribution is -0.139. The Morgan fingerprint density at radius 3 is 2.63 bits per heavy atom. The summed E-state index contributed by atoms with van der Waals surface area (Å²) in [6.45, 7) is 3.44. The van der Waals surface area contributed by atoms with E-state index in [2.05, 4.69) is 5.32 Å². The molecule has 1 amide bonds. The molecule has 0 aliphatic carbocycles. The normalized spacial score (nSPS) is 10.8. The van der Waals surface area contributed by atoms with Gasteiger partial charge in [-0.1, -0.05) is 13.8 Å². The first kappa shape index (κ1) is 14.8. The number of anilines is 1. The monoisotopic (exact) mass is 263 g/mol. The molecule has 0 atom stereocenters. The number of hydrogen-bond donors (Lipinski definition) is 2. The van der Waals surface area contributed by atoms with Crippen LogP contribution in [0.25, 0.3) is 0 Å². The number of nitriles is 1. The Kier molecular flexibility index (Phi) is 4.33. The summed E-state index contributed by atoms with van der Waals surface area (Å²) in [5, 5.41) is 20.3. The molecule has 0 saturated heterocycles. The second-order valence-corrected chi connectivity index (χ2v) is 5.26. The van der Waals surface area contributed by atoms with Gasteiger partial charge in [-0.05, 0) is 11.5 Å². The van der Waals surface area contributed by atoms with Crippen molar-refractivity contribution >= 4 is 17.7 Å². The van der Waals surface area contributed by atoms with Crippen LogP contribution in [-0.2, 0) is 16.6 Å². The Morgan fingerprint density at radius 2 is 2.11 bits per heavy atom. The molecule has 0 radical (unpaired) electrons. The molecular formula is C13H17N3O3. The number of carbonyl (C=O) groups excluding carboxylic acids is 1. The van der Waals surface area contributed by atoms with Gasteiger partial charge in [0.05, 0.1) is 12.0 Å². The van der Waals surface area contributed by atoms with Gasteiger partial charge in [-0.25, -0.2) is 0 Å². The number of carboxylic acid groups (broad SMARTS) is 1. The molecule has 1 aromatic rings. The van der Waals surface area contributed by atoms with Gasteiger partial charge in [-0.15, -0.1) is 0 Å². The number of aryl methyl sites for hydroxylation is 1. The van der Waals surface area contributed by atoms with Crippen LogP contribution in [0.3, 0.4) is 0 Å². The molecule has 6 heteroatoms. The van der Waals surface area contributed by atoms with Crippen LogP contribution in [0.1, 0.15) is 32.3 Å². The molecule has 0 unspecified atom stereocenters. The average Bonchev–Trinajstić information content (AvgIpc) is 2.57. The Balaban J connectivity index is 2.73. The van der Waals surface area contributed by atoms with Crippen molar-refractivity contribution in [2.24, 2.45) is 12.5 Å². The fourth-order valence-electron chi connectivity index (χ4n) is 1.86. The van der Waals surface area contributed by atoms with E-state index in [1.165, 1.54) is 0 Å². The summed E-state index contributed by atoms with van der Waals surface area (Å²) in [5.74, 6) is -0.808. The van der Waals surface area contributed by atoms with E-state index in [9.17, 15) is 9.59 Å². The molecule has 0 bridgehead atoms. The molecular weight excluding hydrogens is 246 g/mol. The van der Waals surface area contributed by atoms with Crippen molar-refractivity contribution in [1.82, 2.24) is 4.57 Å². The third-order valence-electron chi connectivity index (χ3n) is 2.72. The first-order valence-corrected chi connectivity index (χ1v) is 5.82. The number of rotatable bonds is 5. The SMILES string of the molecule is Cn1ccc(C#N)c1NC(=O)CC(C)(C)CC(=O)O. The van der Waals surface area contributed by atoms with E-state index in [1.54, 1.807) is 37.7 Å². The molecule has 0 aromatic carbocycles. The zero-order valence-corrected chi connectivity index (χ0v) is 11.2. The largest absolute Gasteiger partial charge is 0.481 e. The van der Waals surface area contributed by atoms with E-state index in [-0.39, 0.29) is 18.7 Å². The highest BCUT2D eigenvalue weighted by Crippen LogP contribution is 2.26. The Morgan fingerprint density at radius 1 is 1.47 bits per heavy atom. The van der Waals surface area contributed by atoms with Crippen LogP contribution in [0, 0.1) is 16.7 Å².